The molecule has 27 heavy (non-hydrogen) atoms. The Morgan fingerprint density at radius 2 is 1.81 bits per heavy atom. The lowest BCUT2D eigenvalue weighted by Gasteiger charge is -2.19. The van der Waals surface area contributed by atoms with Crippen LogP contribution in [0.1, 0.15) is 44.6 Å². The summed E-state index contributed by atoms with van der Waals surface area (Å²) in [5, 5.41) is 1.45. The average Bonchev–Trinajstić information content (AvgIpc) is 3.15. The van der Waals surface area contributed by atoms with Gasteiger partial charge in [-0.2, -0.15) is 0 Å². The summed E-state index contributed by atoms with van der Waals surface area (Å²) < 4.78 is 13.9. The number of halogens is 3. The van der Waals surface area contributed by atoms with Gasteiger partial charge in [-0.1, -0.05) is 67.4 Å². The van der Waals surface area contributed by atoms with Crippen LogP contribution in [-0.2, 0) is 22.6 Å². The zero-order chi connectivity index (χ0) is 19.5. The standard InChI is InChI=1S/C20H27Cl3N2O2/c1-2-3-4-5-6-9-26-14-17(12-25-8-7-24-15-25)27-13-16-10-19(22)20(23)11-18(16)21/h7-8,10-11,15,17H,2-6,9,12-14H2,1H3. The Hall–Kier alpha value is -0.780. The maximum atomic E-state index is 6.25. The fraction of sp³-hybridized carbons (Fsp3) is 0.550. The van der Waals surface area contributed by atoms with Gasteiger partial charge in [-0.3, -0.25) is 0 Å². The number of hydrogen-bond donors (Lipinski definition) is 0. The Bertz CT molecular complexity index is 665. The lowest BCUT2D eigenvalue weighted by molar-refractivity contribution is -0.0333. The van der Waals surface area contributed by atoms with E-state index in [-0.39, 0.29) is 6.10 Å². The highest BCUT2D eigenvalue weighted by Gasteiger charge is 2.13. The van der Waals surface area contributed by atoms with Gasteiger partial charge < -0.3 is 14.0 Å². The molecule has 1 unspecified atom stereocenters. The molecule has 1 aromatic heterocycles. The Morgan fingerprint density at radius 3 is 2.56 bits per heavy atom. The molecular weight excluding hydrogens is 407 g/mol. The molecule has 0 amide bonds. The minimum atomic E-state index is -0.111. The number of benzene rings is 1. The van der Waals surface area contributed by atoms with E-state index in [0.717, 1.165) is 18.6 Å². The largest absolute Gasteiger partial charge is 0.379 e. The summed E-state index contributed by atoms with van der Waals surface area (Å²) in [6.07, 6.45) is 11.4. The van der Waals surface area contributed by atoms with E-state index in [2.05, 4.69) is 11.9 Å². The molecule has 0 radical (unpaired) electrons. The van der Waals surface area contributed by atoms with Crippen LogP contribution in [0.2, 0.25) is 15.1 Å². The molecule has 0 bridgehead atoms. The van der Waals surface area contributed by atoms with Crippen molar-refractivity contribution in [3.05, 3.63) is 51.5 Å². The molecular formula is C20H27Cl3N2O2. The molecule has 0 saturated heterocycles. The molecule has 2 aromatic rings. The third kappa shape index (κ3) is 8.41. The third-order valence-electron chi connectivity index (χ3n) is 4.23. The Labute approximate surface area is 176 Å². The predicted octanol–water partition coefficient (Wildman–Crippen LogP) is 6.42. The molecule has 1 atom stereocenters. The van der Waals surface area contributed by atoms with Crippen molar-refractivity contribution in [3.63, 3.8) is 0 Å². The van der Waals surface area contributed by atoms with Gasteiger partial charge in [0.2, 0.25) is 0 Å². The first kappa shape index (κ1) is 22.5. The predicted molar refractivity (Wildman–Crippen MR) is 112 cm³/mol. The van der Waals surface area contributed by atoms with Crippen LogP contribution in [0.4, 0.5) is 0 Å². The summed E-state index contributed by atoms with van der Waals surface area (Å²) in [6.45, 7) is 4.49. The van der Waals surface area contributed by atoms with E-state index >= 15 is 0 Å². The zero-order valence-electron chi connectivity index (χ0n) is 15.7. The minimum Gasteiger partial charge on any atom is -0.379 e. The average molecular weight is 434 g/mol. The summed E-state index contributed by atoms with van der Waals surface area (Å²) in [5.41, 5.74) is 0.807. The second kappa shape index (κ2) is 12.6. The summed E-state index contributed by atoms with van der Waals surface area (Å²) in [7, 11) is 0. The molecule has 2 rings (SSSR count). The first-order valence-electron chi connectivity index (χ1n) is 9.38. The lowest BCUT2D eigenvalue weighted by Crippen LogP contribution is -2.25. The van der Waals surface area contributed by atoms with E-state index in [1.54, 1.807) is 24.7 Å². The van der Waals surface area contributed by atoms with Gasteiger partial charge in [0.05, 0.1) is 42.2 Å². The summed E-state index contributed by atoms with van der Waals surface area (Å²) in [6, 6.07) is 3.39. The van der Waals surface area contributed by atoms with Gasteiger partial charge in [-0.25, -0.2) is 4.98 Å². The molecule has 0 aliphatic heterocycles. The molecule has 0 N–H and O–H groups in total. The smallest absolute Gasteiger partial charge is 0.0991 e. The van der Waals surface area contributed by atoms with Crippen molar-refractivity contribution < 1.29 is 9.47 Å². The maximum absolute atomic E-state index is 6.25. The van der Waals surface area contributed by atoms with Gasteiger partial charge >= 0.3 is 0 Å². The Kier molecular flexibility index (Phi) is 10.5. The van der Waals surface area contributed by atoms with Crippen molar-refractivity contribution in [2.75, 3.05) is 13.2 Å². The molecule has 0 fully saturated rings. The second-order valence-electron chi connectivity index (χ2n) is 6.54. The highest BCUT2D eigenvalue weighted by molar-refractivity contribution is 6.43. The lowest BCUT2D eigenvalue weighted by atomic mass is 10.2. The number of hydrogen-bond acceptors (Lipinski definition) is 3. The van der Waals surface area contributed by atoms with Crippen molar-refractivity contribution in [1.82, 2.24) is 9.55 Å². The van der Waals surface area contributed by atoms with Crippen LogP contribution in [-0.4, -0.2) is 28.9 Å². The first-order valence-corrected chi connectivity index (χ1v) is 10.5. The van der Waals surface area contributed by atoms with Crippen molar-refractivity contribution in [1.29, 1.82) is 0 Å². The van der Waals surface area contributed by atoms with E-state index in [9.17, 15) is 0 Å². The van der Waals surface area contributed by atoms with Crippen LogP contribution in [0.15, 0.2) is 30.9 Å². The van der Waals surface area contributed by atoms with Crippen LogP contribution < -0.4 is 0 Å². The van der Waals surface area contributed by atoms with Gasteiger partial charge in [0, 0.05) is 24.0 Å². The van der Waals surface area contributed by atoms with E-state index in [1.165, 1.54) is 25.7 Å². The molecule has 0 spiro atoms. The minimum absolute atomic E-state index is 0.111. The molecule has 7 heteroatoms. The fourth-order valence-corrected chi connectivity index (χ4v) is 3.31. The highest BCUT2D eigenvalue weighted by atomic mass is 35.5. The monoisotopic (exact) mass is 432 g/mol. The topological polar surface area (TPSA) is 36.3 Å². The third-order valence-corrected chi connectivity index (χ3v) is 5.31. The van der Waals surface area contributed by atoms with Crippen LogP contribution in [0.5, 0.6) is 0 Å². The van der Waals surface area contributed by atoms with Crippen molar-refractivity contribution in [2.45, 2.75) is 58.3 Å². The molecule has 1 heterocycles. The number of ether oxygens (including phenoxy) is 2. The molecule has 1 aromatic carbocycles. The zero-order valence-corrected chi connectivity index (χ0v) is 17.9. The van der Waals surface area contributed by atoms with Crippen molar-refractivity contribution >= 4 is 34.8 Å². The molecule has 0 aliphatic rings. The van der Waals surface area contributed by atoms with Crippen molar-refractivity contribution in [2.24, 2.45) is 0 Å². The van der Waals surface area contributed by atoms with Crippen LogP contribution in [0.25, 0.3) is 0 Å². The van der Waals surface area contributed by atoms with E-state index < -0.39 is 0 Å². The van der Waals surface area contributed by atoms with E-state index in [1.807, 2.05) is 10.8 Å². The molecule has 150 valence electrons. The number of nitrogens with zero attached hydrogens (tertiary/aromatic N) is 2. The van der Waals surface area contributed by atoms with Gasteiger partial charge in [0.25, 0.3) is 0 Å². The van der Waals surface area contributed by atoms with Crippen LogP contribution in [0.3, 0.4) is 0 Å². The maximum Gasteiger partial charge on any atom is 0.0991 e. The van der Waals surface area contributed by atoms with E-state index in [4.69, 9.17) is 44.3 Å². The molecule has 0 aliphatic carbocycles. The number of rotatable bonds is 13. The van der Waals surface area contributed by atoms with Gasteiger partial charge in [0.1, 0.15) is 0 Å². The number of imidazole rings is 1. The highest BCUT2D eigenvalue weighted by Crippen LogP contribution is 2.29. The van der Waals surface area contributed by atoms with E-state index in [0.29, 0.717) is 34.8 Å². The second-order valence-corrected chi connectivity index (χ2v) is 7.76. The number of aromatic nitrogens is 2. The number of unbranched alkanes of at least 4 members (excludes halogenated alkanes) is 4. The summed E-state index contributed by atoms with van der Waals surface area (Å²) in [4.78, 5) is 4.08. The van der Waals surface area contributed by atoms with Gasteiger partial charge in [-0.05, 0) is 24.1 Å². The SMILES string of the molecule is CCCCCCCOCC(Cn1ccnc1)OCc1cc(Cl)c(Cl)cc1Cl. The fourth-order valence-electron chi connectivity index (χ4n) is 2.69. The van der Waals surface area contributed by atoms with Crippen LogP contribution >= 0.6 is 34.8 Å². The van der Waals surface area contributed by atoms with Crippen LogP contribution in [0, 0.1) is 0 Å². The summed E-state index contributed by atoms with van der Waals surface area (Å²) >= 11 is 18.3. The normalized spacial score (nSPS) is 12.4. The Morgan fingerprint density at radius 1 is 1.04 bits per heavy atom. The quantitative estimate of drug-likeness (QED) is 0.270. The first-order chi connectivity index (χ1) is 13.1. The Balaban J connectivity index is 1.84. The van der Waals surface area contributed by atoms with Gasteiger partial charge in [0.15, 0.2) is 0 Å². The molecule has 0 saturated carbocycles. The van der Waals surface area contributed by atoms with Gasteiger partial charge in [-0.15, -0.1) is 0 Å². The molecule has 4 nitrogen and oxygen atoms in total. The summed E-state index contributed by atoms with van der Waals surface area (Å²) in [5.74, 6) is 0. The van der Waals surface area contributed by atoms with Crippen molar-refractivity contribution in [3.8, 4) is 0 Å².